The number of thiazole rings is 1. The topological polar surface area (TPSA) is 98.2 Å². The Morgan fingerprint density at radius 3 is 2.44 bits per heavy atom. The molecule has 0 spiro atoms. The quantitative estimate of drug-likeness (QED) is 0.135. The molecule has 1 unspecified atom stereocenters. The zero-order valence-electron chi connectivity index (χ0n) is 23.7. The second-order valence-electron chi connectivity index (χ2n) is 9.81. The smallest absolute Gasteiger partial charge is 0.301 e. The van der Waals surface area contributed by atoms with Gasteiger partial charge in [0.1, 0.15) is 11.5 Å². The van der Waals surface area contributed by atoms with Crippen LogP contribution in [-0.2, 0) is 9.59 Å². The monoisotopic (exact) mass is 572 g/mol. The van der Waals surface area contributed by atoms with Crippen LogP contribution in [0.4, 0.5) is 5.13 Å². The molecule has 5 rings (SSSR count). The van der Waals surface area contributed by atoms with Gasteiger partial charge in [0.25, 0.3) is 5.78 Å². The fourth-order valence-electron chi connectivity index (χ4n) is 5.02. The third-order valence-corrected chi connectivity index (χ3v) is 7.87. The third-order valence-electron chi connectivity index (χ3n) is 6.87. The van der Waals surface area contributed by atoms with Crippen LogP contribution in [0.1, 0.15) is 48.6 Å². The number of aliphatic hydroxyl groups is 1. The van der Waals surface area contributed by atoms with Gasteiger partial charge in [-0.05, 0) is 86.3 Å². The molecule has 4 aromatic rings. The standard InChI is InChI=1S/C32H32N2O6S/c1-6-14-40-22-11-8-20(9-12-22)29(35)26-28(21-10-13-23(39-7-2)24(17-21)38-5)34(31(37)30(26)36)32-33-27-19(4)15-18(3)16-25(27)41-32/h8-13,15-17,28,35H,6-7,14H2,1-5H3/b29-26+. The first-order valence-corrected chi connectivity index (χ1v) is 14.3. The van der Waals surface area contributed by atoms with Gasteiger partial charge in [-0.2, -0.15) is 0 Å². The second kappa shape index (κ2) is 11.6. The summed E-state index contributed by atoms with van der Waals surface area (Å²) in [6, 6.07) is 15.1. The Morgan fingerprint density at radius 2 is 1.76 bits per heavy atom. The van der Waals surface area contributed by atoms with E-state index in [1.54, 1.807) is 42.5 Å². The van der Waals surface area contributed by atoms with Crippen LogP contribution in [0.2, 0.25) is 0 Å². The van der Waals surface area contributed by atoms with E-state index in [2.05, 4.69) is 0 Å². The van der Waals surface area contributed by atoms with Crippen LogP contribution in [0.3, 0.4) is 0 Å². The van der Waals surface area contributed by atoms with Gasteiger partial charge in [-0.15, -0.1) is 0 Å². The van der Waals surface area contributed by atoms with E-state index in [0.717, 1.165) is 27.8 Å². The Hall–Kier alpha value is -4.37. The molecule has 0 radical (unpaired) electrons. The van der Waals surface area contributed by atoms with E-state index in [9.17, 15) is 14.7 Å². The highest BCUT2D eigenvalue weighted by Gasteiger charge is 2.48. The van der Waals surface area contributed by atoms with Gasteiger partial charge in [0.2, 0.25) is 0 Å². The Bertz CT molecular complexity index is 1660. The minimum atomic E-state index is -0.947. The molecule has 1 N–H and O–H groups in total. The molecule has 1 fully saturated rings. The van der Waals surface area contributed by atoms with Gasteiger partial charge in [-0.3, -0.25) is 14.5 Å². The molecule has 212 valence electrons. The number of ether oxygens (including phenoxy) is 3. The molecule has 8 nitrogen and oxygen atoms in total. The van der Waals surface area contributed by atoms with Crippen molar-refractivity contribution in [3.05, 3.63) is 82.4 Å². The summed E-state index contributed by atoms with van der Waals surface area (Å²) in [5.41, 5.74) is 3.75. The average Bonchev–Trinajstić information content (AvgIpc) is 3.50. The van der Waals surface area contributed by atoms with Crippen LogP contribution < -0.4 is 19.1 Å². The third kappa shape index (κ3) is 5.25. The number of carbonyl (C=O) groups excluding carboxylic acids is 2. The largest absolute Gasteiger partial charge is 0.507 e. The van der Waals surface area contributed by atoms with Gasteiger partial charge >= 0.3 is 5.91 Å². The first-order valence-electron chi connectivity index (χ1n) is 13.5. The highest BCUT2D eigenvalue weighted by Crippen LogP contribution is 2.46. The number of Topliss-reactive ketones (excluding diaryl/α,β-unsaturated/α-hetero) is 1. The number of nitrogens with zero attached hydrogens (tertiary/aromatic N) is 2. The molecule has 1 amide bonds. The predicted molar refractivity (Wildman–Crippen MR) is 160 cm³/mol. The van der Waals surface area contributed by atoms with E-state index in [1.165, 1.54) is 23.3 Å². The summed E-state index contributed by atoms with van der Waals surface area (Å²) < 4.78 is 17.8. The van der Waals surface area contributed by atoms with E-state index in [4.69, 9.17) is 19.2 Å². The lowest BCUT2D eigenvalue weighted by Crippen LogP contribution is -2.29. The molecular formula is C32H32N2O6S. The first-order chi connectivity index (χ1) is 19.8. The molecule has 2 heterocycles. The Labute approximate surface area is 242 Å². The molecule has 3 aromatic carbocycles. The van der Waals surface area contributed by atoms with Crippen LogP contribution in [0.15, 0.2) is 60.2 Å². The fourth-order valence-corrected chi connectivity index (χ4v) is 6.19. The molecular weight excluding hydrogens is 540 g/mol. The van der Waals surface area contributed by atoms with E-state index >= 15 is 0 Å². The van der Waals surface area contributed by atoms with Crippen LogP contribution in [0.25, 0.3) is 16.0 Å². The van der Waals surface area contributed by atoms with E-state index < -0.39 is 17.7 Å². The molecule has 1 aliphatic heterocycles. The maximum absolute atomic E-state index is 13.7. The molecule has 0 saturated carbocycles. The van der Waals surface area contributed by atoms with Crippen molar-refractivity contribution >= 4 is 44.1 Å². The fraction of sp³-hybridized carbons (Fsp3) is 0.281. The Morgan fingerprint density at radius 1 is 1.00 bits per heavy atom. The number of aromatic nitrogens is 1. The molecule has 1 aliphatic rings. The lowest BCUT2D eigenvalue weighted by molar-refractivity contribution is -0.132. The van der Waals surface area contributed by atoms with Crippen molar-refractivity contribution in [1.29, 1.82) is 0 Å². The molecule has 1 aromatic heterocycles. The summed E-state index contributed by atoms with van der Waals surface area (Å²) in [6.45, 7) is 8.87. The van der Waals surface area contributed by atoms with Gasteiger partial charge in [-0.1, -0.05) is 30.4 Å². The number of amides is 1. The van der Waals surface area contributed by atoms with Crippen LogP contribution in [0, 0.1) is 13.8 Å². The summed E-state index contributed by atoms with van der Waals surface area (Å²) in [4.78, 5) is 33.5. The molecule has 1 saturated heterocycles. The SMILES string of the molecule is CCCOc1ccc(/C(O)=C2\C(=O)C(=O)N(c3nc4c(C)cc(C)cc4s3)C2c2ccc(OCC)c(OC)c2)cc1. The summed E-state index contributed by atoms with van der Waals surface area (Å²) in [7, 11) is 1.53. The first kappa shape index (κ1) is 28.2. The zero-order chi connectivity index (χ0) is 29.3. The van der Waals surface area contributed by atoms with E-state index in [1.807, 2.05) is 39.8 Å². The number of hydrogen-bond acceptors (Lipinski definition) is 8. The number of benzene rings is 3. The minimum Gasteiger partial charge on any atom is -0.507 e. The van der Waals surface area contributed by atoms with Gasteiger partial charge in [-0.25, -0.2) is 4.98 Å². The predicted octanol–water partition coefficient (Wildman–Crippen LogP) is 6.74. The summed E-state index contributed by atoms with van der Waals surface area (Å²) in [5, 5.41) is 11.9. The number of carbonyl (C=O) groups is 2. The van der Waals surface area contributed by atoms with Crippen molar-refractivity contribution in [2.45, 2.75) is 40.2 Å². The molecule has 0 aliphatic carbocycles. The number of aryl methyl sites for hydroxylation is 2. The minimum absolute atomic E-state index is 0.0319. The highest BCUT2D eigenvalue weighted by atomic mass is 32.1. The van der Waals surface area contributed by atoms with Crippen molar-refractivity contribution < 1.29 is 28.9 Å². The zero-order valence-corrected chi connectivity index (χ0v) is 24.5. The van der Waals surface area contributed by atoms with Gasteiger partial charge in [0.05, 0.1) is 42.2 Å². The average molecular weight is 573 g/mol. The number of aliphatic hydroxyl groups excluding tert-OH is 1. The van der Waals surface area contributed by atoms with Crippen molar-refractivity contribution in [2.75, 3.05) is 25.2 Å². The molecule has 9 heteroatoms. The van der Waals surface area contributed by atoms with Crippen molar-refractivity contribution in [3.8, 4) is 17.2 Å². The Balaban J connectivity index is 1.69. The lowest BCUT2D eigenvalue weighted by Gasteiger charge is -2.24. The molecule has 41 heavy (non-hydrogen) atoms. The molecule has 0 bridgehead atoms. The number of methoxy groups -OCH3 is 1. The number of anilines is 1. The van der Waals surface area contributed by atoms with Crippen molar-refractivity contribution in [1.82, 2.24) is 4.98 Å². The Kier molecular flexibility index (Phi) is 7.99. The van der Waals surface area contributed by atoms with Crippen LogP contribution >= 0.6 is 11.3 Å². The summed E-state index contributed by atoms with van der Waals surface area (Å²) >= 11 is 1.33. The second-order valence-corrected chi connectivity index (χ2v) is 10.8. The number of hydrogen-bond donors (Lipinski definition) is 1. The van der Waals surface area contributed by atoms with E-state index in [0.29, 0.717) is 46.7 Å². The normalized spacial score (nSPS) is 16.4. The van der Waals surface area contributed by atoms with Crippen LogP contribution in [-0.4, -0.2) is 42.1 Å². The summed E-state index contributed by atoms with van der Waals surface area (Å²) in [5.74, 6) is -0.206. The van der Waals surface area contributed by atoms with Crippen LogP contribution in [0.5, 0.6) is 17.2 Å². The maximum atomic E-state index is 13.7. The summed E-state index contributed by atoms with van der Waals surface area (Å²) in [6.07, 6.45) is 0.863. The molecule has 1 atom stereocenters. The lowest BCUT2D eigenvalue weighted by atomic mass is 9.95. The van der Waals surface area contributed by atoms with Gasteiger partial charge in [0, 0.05) is 5.56 Å². The van der Waals surface area contributed by atoms with Gasteiger partial charge in [0.15, 0.2) is 16.6 Å². The number of rotatable bonds is 9. The number of fused-ring (bicyclic) bond motifs is 1. The van der Waals surface area contributed by atoms with Gasteiger partial charge < -0.3 is 19.3 Å². The number of ketones is 1. The highest BCUT2D eigenvalue weighted by molar-refractivity contribution is 7.22. The maximum Gasteiger partial charge on any atom is 0.301 e. The van der Waals surface area contributed by atoms with E-state index in [-0.39, 0.29) is 11.3 Å². The van der Waals surface area contributed by atoms with Crippen molar-refractivity contribution in [2.24, 2.45) is 0 Å². The van der Waals surface area contributed by atoms with Crippen molar-refractivity contribution in [3.63, 3.8) is 0 Å².